The molecular weight excluding hydrogens is 250 g/mol. The first kappa shape index (κ1) is 13.5. The van der Waals surface area contributed by atoms with Gasteiger partial charge in [0.2, 0.25) is 0 Å². The minimum absolute atomic E-state index is 0.576. The highest BCUT2D eigenvalue weighted by molar-refractivity contribution is 5.76. The summed E-state index contributed by atoms with van der Waals surface area (Å²) in [6.07, 6.45) is 9.11. The molecule has 2 saturated heterocycles. The van der Waals surface area contributed by atoms with Gasteiger partial charge >= 0.3 is 0 Å². The summed E-state index contributed by atoms with van der Waals surface area (Å²) in [5, 5.41) is 0. The Morgan fingerprint density at radius 3 is 2.55 bits per heavy atom. The Morgan fingerprint density at radius 2 is 1.80 bits per heavy atom. The van der Waals surface area contributed by atoms with E-state index in [-0.39, 0.29) is 0 Å². The van der Waals surface area contributed by atoms with Gasteiger partial charge < -0.3 is 15.5 Å². The van der Waals surface area contributed by atoms with Gasteiger partial charge in [0, 0.05) is 25.7 Å². The van der Waals surface area contributed by atoms with Crippen molar-refractivity contribution >= 4 is 17.3 Å². The molecule has 3 rings (SSSR count). The summed E-state index contributed by atoms with van der Waals surface area (Å²) in [6.45, 7) is 5.45. The van der Waals surface area contributed by atoms with Gasteiger partial charge in [-0.15, -0.1) is 0 Å². The lowest BCUT2D eigenvalue weighted by Gasteiger charge is -2.37. The van der Waals surface area contributed by atoms with Crippen molar-refractivity contribution < 1.29 is 0 Å². The molecule has 1 atom stereocenters. The monoisotopic (exact) mass is 275 g/mol. The summed E-state index contributed by atoms with van der Waals surface area (Å²) in [6, 6.07) is 0.576. The zero-order valence-corrected chi connectivity index (χ0v) is 12.4. The van der Waals surface area contributed by atoms with Gasteiger partial charge in [-0.3, -0.25) is 0 Å². The van der Waals surface area contributed by atoms with Crippen LogP contribution in [-0.4, -0.2) is 35.6 Å². The van der Waals surface area contributed by atoms with Crippen LogP contribution in [0, 0.1) is 0 Å². The van der Waals surface area contributed by atoms with Gasteiger partial charge in [-0.05, 0) is 38.5 Å². The van der Waals surface area contributed by atoms with E-state index < -0.39 is 0 Å². The van der Waals surface area contributed by atoms with Crippen molar-refractivity contribution in [2.24, 2.45) is 0 Å². The van der Waals surface area contributed by atoms with E-state index in [0.717, 1.165) is 43.4 Å². The Morgan fingerprint density at radius 1 is 1.10 bits per heavy atom. The lowest BCUT2D eigenvalue weighted by molar-refractivity contribution is 0.447. The molecule has 0 amide bonds. The number of aromatic nitrogens is 2. The second-order valence-corrected chi connectivity index (χ2v) is 5.88. The van der Waals surface area contributed by atoms with E-state index in [1.165, 1.54) is 32.1 Å². The van der Waals surface area contributed by atoms with E-state index >= 15 is 0 Å². The largest absolute Gasteiger partial charge is 0.393 e. The lowest BCUT2D eigenvalue weighted by atomic mass is 10.00. The average Bonchev–Trinajstić information content (AvgIpc) is 3.01. The molecule has 5 heteroatoms. The van der Waals surface area contributed by atoms with Gasteiger partial charge in [0.1, 0.15) is 12.0 Å². The first-order valence-electron chi connectivity index (χ1n) is 7.93. The smallest absolute Gasteiger partial charge is 0.157 e. The van der Waals surface area contributed by atoms with Gasteiger partial charge in [0.25, 0.3) is 0 Å². The highest BCUT2D eigenvalue weighted by Gasteiger charge is 2.26. The number of hydrogen-bond donors (Lipinski definition) is 1. The van der Waals surface area contributed by atoms with Crippen LogP contribution in [0.3, 0.4) is 0 Å². The lowest BCUT2D eigenvalue weighted by Crippen LogP contribution is -2.40. The molecule has 1 aromatic rings. The Labute approximate surface area is 121 Å². The first-order valence-corrected chi connectivity index (χ1v) is 7.93. The highest BCUT2D eigenvalue weighted by atomic mass is 15.3. The first-order chi connectivity index (χ1) is 9.81. The van der Waals surface area contributed by atoms with Gasteiger partial charge in [-0.2, -0.15) is 0 Å². The van der Waals surface area contributed by atoms with Crippen LogP contribution in [-0.2, 0) is 0 Å². The third-order valence-corrected chi connectivity index (χ3v) is 4.62. The van der Waals surface area contributed by atoms with E-state index in [1.807, 2.05) is 0 Å². The van der Waals surface area contributed by atoms with Crippen LogP contribution in [0.25, 0.3) is 0 Å². The zero-order valence-electron chi connectivity index (χ0n) is 12.4. The van der Waals surface area contributed by atoms with Crippen LogP contribution < -0.4 is 15.5 Å². The number of anilines is 3. The third-order valence-electron chi connectivity index (χ3n) is 4.62. The molecule has 2 fully saturated rings. The molecular formula is C15H25N5. The summed E-state index contributed by atoms with van der Waals surface area (Å²) in [4.78, 5) is 13.6. The van der Waals surface area contributed by atoms with E-state index in [1.54, 1.807) is 6.33 Å². The second-order valence-electron chi connectivity index (χ2n) is 5.88. The summed E-state index contributed by atoms with van der Waals surface area (Å²) < 4.78 is 0. The molecule has 2 aliphatic heterocycles. The number of hydrogen-bond acceptors (Lipinski definition) is 5. The molecule has 110 valence electrons. The van der Waals surface area contributed by atoms with Gasteiger partial charge in [0.15, 0.2) is 11.6 Å². The van der Waals surface area contributed by atoms with Crippen LogP contribution >= 0.6 is 0 Å². The van der Waals surface area contributed by atoms with Crippen LogP contribution in [0.2, 0.25) is 0 Å². The van der Waals surface area contributed by atoms with Gasteiger partial charge in [0.05, 0.1) is 0 Å². The van der Waals surface area contributed by atoms with Crippen molar-refractivity contribution in [3.8, 4) is 0 Å². The molecule has 0 bridgehead atoms. The summed E-state index contributed by atoms with van der Waals surface area (Å²) in [7, 11) is 0. The predicted molar refractivity (Wildman–Crippen MR) is 83.2 cm³/mol. The van der Waals surface area contributed by atoms with Crippen LogP contribution in [0.1, 0.15) is 45.4 Å². The number of nitrogens with two attached hydrogens (primary N) is 1. The summed E-state index contributed by atoms with van der Waals surface area (Å²) >= 11 is 0. The van der Waals surface area contributed by atoms with Crippen molar-refractivity contribution in [2.45, 2.75) is 51.5 Å². The Bertz CT molecular complexity index is 456. The van der Waals surface area contributed by atoms with Crippen LogP contribution in [0.5, 0.6) is 0 Å². The Hall–Kier alpha value is -1.52. The Balaban J connectivity index is 1.90. The molecule has 3 heterocycles. The maximum atomic E-state index is 6.40. The van der Waals surface area contributed by atoms with Crippen molar-refractivity contribution in [1.82, 2.24) is 9.97 Å². The molecule has 2 N–H and O–H groups in total. The molecule has 20 heavy (non-hydrogen) atoms. The van der Waals surface area contributed by atoms with Crippen LogP contribution in [0.15, 0.2) is 6.33 Å². The van der Waals surface area contributed by atoms with Crippen molar-refractivity contribution in [3.05, 3.63) is 6.33 Å². The molecule has 1 aromatic heterocycles. The van der Waals surface area contributed by atoms with E-state index in [9.17, 15) is 0 Å². The van der Waals surface area contributed by atoms with Crippen LogP contribution in [0.4, 0.5) is 17.3 Å². The standard InChI is InChI=1S/C15H25N5/c1-2-12-7-3-4-10-20(12)15-13(16)14(17-11-18-15)19-8-5-6-9-19/h11-12H,2-10,16H2,1H3. The zero-order chi connectivity index (χ0) is 13.9. The minimum atomic E-state index is 0.576. The van der Waals surface area contributed by atoms with Crippen molar-refractivity contribution in [3.63, 3.8) is 0 Å². The number of nitrogen functional groups attached to an aromatic ring is 1. The average molecular weight is 275 g/mol. The minimum Gasteiger partial charge on any atom is -0.393 e. The third kappa shape index (κ3) is 2.41. The molecule has 5 nitrogen and oxygen atoms in total. The number of nitrogens with zero attached hydrogens (tertiary/aromatic N) is 4. The summed E-state index contributed by atoms with van der Waals surface area (Å²) in [5.41, 5.74) is 7.18. The maximum Gasteiger partial charge on any atom is 0.157 e. The topological polar surface area (TPSA) is 58.3 Å². The van der Waals surface area contributed by atoms with Crippen molar-refractivity contribution in [1.29, 1.82) is 0 Å². The maximum absolute atomic E-state index is 6.40. The van der Waals surface area contributed by atoms with Crippen molar-refractivity contribution in [2.75, 3.05) is 35.2 Å². The molecule has 1 unspecified atom stereocenters. The molecule has 0 radical (unpaired) electrons. The molecule has 0 saturated carbocycles. The second kappa shape index (κ2) is 5.85. The van der Waals surface area contributed by atoms with E-state index in [0.29, 0.717) is 6.04 Å². The summed E-state index contributed by atoms with van der Waals surface area (Å²) in [5.74, 6) is 1.89. The van der Waals surface area contributed by atoms with E-state index in [2.05, 4.69) is 26.7 Å². The fourth-order valence-corrected chi connectivity index (χ4v) is 3.49. The number of rotatable bonds is 3. The predicted octanol–water partition coefficient (Wildman–Crippen LogP) is 2.43. The Kier molecular flexibility index (Phi) is 3.94. The highest BCUT2D eigenvalue weighted by Crippen LogP contribution is 2.34. The SMILES string of the molecule is CCC1CCCCN1c1ncnc(N2CCCC2)c1N. The quantitative estimate of drug-likeness (QED) is 0.918. The molecule has 0 aromatic carbocycles. The molecule has 0 aliphatic carbocycles. The number of piperidine rings is 1. The molecule has 0 spiro atoms. The normalized spacial score (nSPS) is 23.4. The van der Waals surface area contributed by atoms with Gasteiger partial charge in [-0.1, -0.05) is 6.92 Å². The van der Waals surface area contributed by atoms with E-state index in [4.69, 9.17) is 5.73 Å². The fourth-order valence-electron chi connectivity index (χ4n) is 3.49. The molecule has 2 aliphatic rings. The fraction of sp³-hybridized carbons (Fsp3) is 0.733. The van der Waals surface area contributed by atoms with Gasteiger partial charge in [-0.25, -0.2) is 9.97 Å².